The summed E-state index contributed by atoms with van der Waals surface area (Å²) in [6, 6.07) is -4.30. The summed E-state index contributed by atoms with van der Waals surface area (Å²) in [5.41, 5.74) is -1.48. The third-order valence-electron chi connectivity index (χ3n) is 26.8. The Morgan fingerprint density at radius 1 is 0.458 bits per heavy atom. The minimum Gasteiger partial charge on any atom is -0.393 e. The second kappa shape index (κ2) is 50.4. The number of aromatic nitrogens is 2. The first-order valence-corrected chi connectivity index (χ1v) is 50.3. The van der Waals surface area contributed by atoms with Crippen molar-refractivity contribution in [3.8, 4) is 0 Å². The van der Waals surface area contributed by atoms with E-state index in [0.717, 1.165) is 33.3 Å². The van der Waals surface area contributed by atoms with Crippen molar-refractivity contribution < 1.29 is 137 Å². The molecular weight excluding hydrogens is 1910 g/mol. The van der Waals surface area contributed by atoms with Crippen molar-refractivity contribution in [3.05, 3.63) is 69.3 Å². The summed E-state index contributed by atoms with van der Waals surface area (Å²) < 4.78 is 0. The number of ketones is 8. The number of Topliss-reactive ketones (excluding diaryl/α,β-unsaturated/α-hetero) is 8. The van der Waals surface area contributed by atoms with Gasteiger partial charge in [-0.05, 0) is 147 Å². The van der Waals surface area contributed by atoms with Gasteiger partial charge in [-0.1, -0.05) is 23.7 Å². The molecule has 0 radical (unpaired) electrons. The second-order valence-electron chi connectivity index (χ2n) is 39.0. The first-order valence-electron chi connectivity index (χ1n) is 48.0. The lowest BCUT2D eigenvalue weighted by molar-refractivity contribution is -0.143. The molecule has 6 aliphatic rings. The lowest BCUT2D eigenvalue weighted by atomic mass is 9.89. The smallest absolute Gasteiger partial charge is 0.263 e. The molecule has 10 rings (SSSR count). The number of aromatic amines is 2. The molecular formula is C97H131ClN14O28S2. The van der Waals surface area contributed by atoms with Crippen molar-refractivity contribution in [3.63, 3.8) is 0 Å². The van der Waals surface area contributed by atoms with Crippen molar-refractivity contribution >= 4 is 174 Å². The number of rotatable bonds is 30. The third-order valence-corrected chi connectivity index (χ3v) is 29.5. The number of hydrogen-bond acceptors (Lipinski definition) is 30. The number of aliphatic hydroxyl groups is 8. The number of hydrogen-bond donors (Lipinski definition) is 20. The summed E-state index contributed by atoms with van der Waals surface area (Å²) in [6.45, 7) is 8.74. The molecule has 20 atom stereocenters. The van der Waals surface area contributed by atoms with E-state index < -0.39 is 270 Å². The van der Waals surface area contributed by atoms with Gasteiger partial charge in [0, 0.05) is 180 Å². The number of carbonyl (C=O) groups is 20. The fraction of sp³-hybridized carbons (Fsp3) is 0.608. The molecule has 4 bridgehead atoms. The van der Waals surface area contributed by atoms with Gasteiger partial charge in [-0.2, -0.15) is 0 Å². The van der Waals surface area contributed by atoms with Gasteiger partial charge in [-0.3, -0.25) is 95.9 Å². The number of carbonyl (C=O) groups excluding carboxylic acids is 20. The average Bonchev–Trinajstić information content (AvgIpc) is 1.61. The predicted octanol–water partition coefficient (Wildman–Crippen LogP) is -1.11. The van der Waals surface area contributed by atoms with Crippen LogP contribution in [0, 0.1) is 23.7 Å². The molecule has 0 aliphatic carbocycles. The van der Waals surface area contributed by atoms with E-state index in [4.69, 9.17) is 11.6 Å². The minimum atomic E-state index is -2.00. The Balaban J connectivity index is 0.726. The molecule has 0 spiro atoms. The quantitative estimate of drug-likeness (QED) is 0.0217. The maximum Gasteiger partial charge on any atom is 0.263 e. The van der Waals surface area contributed by atoms with Crippen molar-refractivity contribution in [2.45, 2.75) is 310 Å². The summed E-state index contributed by atoms with van der Waals surface area (Å²) in [4.78, 5) is 290. The lowest BCUT2D eigenvalue weighted by Crippen LogP contribution is -2.57. The molecule has 12 amide bonds. The molecule has 2 aromatic heterocycles. The molecule has 776 valence electrons. The van der Waals surface area contributed by atoms with Crippen LogP contribution in [0.15, 0.2) is 57.1 Å². The standard InChI is InChI=1S/C97H131ClN14O28S2/c1-46(82(127)99-24-22-57(117)14-10-12-16-59(119)26-53-18-20-69-65(28-53)67-30-55-32-77(123)47(2)103-89(134)75-34-61(121)40-111(75)94(137)73(42-141-92(67)109-69)107-85(130)63(51(6)115)36-79(125)49(4)101-87(132)71(105-83(55)128)38-96(8,139)44-113)81(98)91(136)100-25-23-58(118)15-11-13-17-60(120)27-54-19-21-70-66(29-54)68-31-56-33-78(124)48(3)104-90(135)76-35-62(122)41-112(76)95(138)74(43-142-93(68)110-70)108-86(131)64(52(7)116)37-80(126)50(5)102-88(133)72(106-84(56)129)39-97(9,140)45-114/h18-21,28-29,47-52,55-56,61-64,71-76,109-110,113-116,121-122,139-140H,10-17,22-27,30-45H2,1-9H3,(H,99,127)(H,100,136)(H,101,132)(H,102,133)(H,103,134)(H,104,135)(H,105,128)(H,106,129)(H,107,130)(H,108,131)/b81-46+/t47-,48-,49-,50-,51?,52?,55+,56+,61+,62+,63+,64+,71-,72-,73+,74+,75-,76-,96+,97+/m0/s1. The topological polar surface area (TPSA) is 662 Å². The second-order valence-corrected chi connectivity index (χ2v) is 41.4. The van der Waals surface area contributed by atoms with E-state index in [9.17, 15) is 137 Å². The van der Waals surface area contributed by atoms with Crippen molar-refractivity contribution in [1.29, 1.82) is 0 Å². The normalized spacial score (nSPS) is 26.9. The van der Waals surface area contributed by atoms with Crippen LogP contribution >= 0.6 is 35.1 Å². The Bertz CT molecular complexity index is 5190. The number of halogens is 1. The Hall–Kier alpha value is -11.1. The van der Waals surface area contributed by atoms with E-state index in [1.165, 1.54) is 62.3 Å². The number of unbranched alkanes of at least 4 members (excludes halogenated alkanes) is 2. The van der Waals surface area contributed by atoms with Gasteiger partial charge in [0.05, 0.1) is 94.9 Å². The average molecular weight is 2040 g/mol. The Morgan fingerprint density at radius 3 is 1.16 bits per heavy atom. The van der Waals surface area contributed by atoms with Crippen LogP contribution in [0.5, 0.6) is 0 Å². The number of benzene rings is 2. The highest BCUT2D eigenvalue weighted by atomic mass is 35.5. The molecule has 45 heteroatoms. The number of amides is 12. The fourth-order valence-electron chi connectivity index (χ4n) is 18.1. The first kappa shape index (κ1) is 113. The Morgan fingerprint density at radius 2 is 0.803 bits per heavy atom. The highest BCUT2D eigenvalue weighted by Gasteiger charge is 2.48. The number of nitrogens with zero attached hydrogens (tertiary/aromatic N) is 2. The first-order chi connectivity index (χ1) is 66.9. The summed E-state index contributed by atoms with van der Waals surface area (Å²) in [5, 5.41) is 113. The number of aliphatic hydroxyl groups excluding tert-OH is 6. The largest absolute Gasteiger partial charge is 0.393 e. The highest BCUT2D eigenvalue weighted by molar-refractivity contribution is 7.99. The van der Waals surface area contributed by atoms with E-state index in [-0.39, 0.29) is 169 Å². The van der Waals surface area contributed by atoms with Gasteiger partial charge >= 0.3 is 0 Å². The van der Waals surface area contributed by atoms with Gasteiger partial charge in [0.15, 0.2) is 23.1 Å². The SMILES string of the molecule is C/C(C(=O)NCCC(=O)CCCCC(=O)Cc1ccc2[nH]c3c(c2c1)C[C@@H]1CC(=O)[C@H](C)NC(=O)[C@@H]2C[C@@H](O)CN2C(=O)[C@@H](CS3)NC(=O)[C@@H](C(C)O)CC(=O)[C@H](C)NC(=O)[C@H](C[C@@](C)(O)CO)NC1=O)=C(\Cl)C(=O)NCCC(=O)CCCCC(=O)Cc1ccc2[nH]c3c(c2c1)C[C@@H]1CC(=O)[C@H](C)NC(=O)[C@@H]2C[C@@H](O)CN2C(=O)[C@@H](CS3)NC(=O)[C@@H](C(C)O)CC(=O)[C@H](C)NC(=O)[C@H](C[C@@](C)(O)CO)NC1=O. The lowest BCUT2D eigenvalue weighted by Gasteiger charge is -2.30. The summed E-state index contributed by atoms with van der Waals surface area (Å²) in [6.07, 6.45) is -9.44. The van der Waals surface area contributed by atoms with Crippen molar-refractivity contribution in [2.24, 2.45) is 23.7 Å². The van der Waals surface area contributed by atoms with Crippen LogP contribution in [0.4, 0.5) is 0 Å². The molecule has 4 aromatic rings. The van der Waals surface area contributed by atoms with Gasteiger partial charge in [-0.25, -0.2) is 0 Å². The van der Waals surface area contributed by atoms with Crippen molar-refractivity contribution in [1.82, 2.24) is 72.9 Å². The zero-order chi connectivity index (χ0) is 104. The Labute approximate surface area is 832 Å². The van der Waals surface area contributed by atoms with E-state index in [0.29, 0.717) is 54.1 Å². The van der Waals surface area contributed by atoms with Crippen LogP contribution in [0.2, 0.25) is 0 Å². The Kier molecular flexibility index (Phi) is 40.1. The molecule has 2 unspecified atom stereocenters. The third kappa shape index (κ3) is 30.5. The minimum absolute atomic E-state index is 0.0303. The van der Waals surface area contributed by atoms with E-state index in [1.807, 2.05) is 0 Å². The van der Waals surface area contributed by atoms with E-state index >= 15 is 0 Å². The molecule has 8 heterocycles. The molecule has 0 saturated carbocycles. The predicted molar refractivity (Wildman–Crippen MR) is 514 cm³/mol. The number of nitrogens with one attached hydrogen (secondary N) is 12. The summed E-state index contributed by atoms with van der Waals surface area (Å²) >= 11 is 8.36. The fourth-order valence-corrected chi connectivity index (χ4v) is 20.5. The van der Waals surface area contributed by atoms with Gasteiger partial charge in [0.1, 0.15) is 64.4 Å². The van der Waals surface area contributed by atoms with Gasteiger partial charge in [-0.15, -0.1) is 23.5 Å². The van der Waals surface area contributed by atoms with Crippen LogP contribution < -0.4 is 53.2 Å². The van der Waals surface area contributed by atoms with Crippen LogP contribution in [0.1, 0.15) is 200 Å². The number of H-pyrrole nitrogens is 2. The highest BCUT2D eigenvalue weighted by Crippen LogP contribution is 2.39. The van der Waals surface area contributed by atoms with E-state index in [1.54, 1.807) is 36.4 Å². The molecule has 2 fully saturated rings. The number of fused-ring (bicyclic) bond motifs is 10. The van der Waals surface area contributed by atoms with Crippen LogP contribution in [-0.2, 0) is 122 Å². The molecule has 42 nitrogen and oxygen atoms in total. The summed E-state index contributed by atoms with van der Waals surface area (Å²) in [5.74, 6) is -20.8. The zero-order valence-corrected chi connectivity index (χ0v) is 83.3. The van der Waals surface area contributed by atoms with Crippen LogP contribution in [-0.4, -0.2) is 325 Å². The van der Waals surface area contributed by atoms with Gasteiger partial charge in [0.25, 0.3) is 5.91 Å². The maximum absolute atomic E-state index is 15.0. The van der Waals surface area contributed by atoms with Gasteiger partial charge in [0.2, 0.25) is 65.0 Å². The van der Waals surface area contributed by atoms with E-state index in [2.05, 4.69) is 63.1 Å². The van der Waals surface area contributed by atoms with Gasteiger partial charge < -0.3 is 114 Å². The monoisotopic (exact) mass is 2040 g/mol. The maximum atomic E-state index is 15.0. The number of thioether (sulfide) groups is 2. The van der Waals surface area contributed by atoms with Crippen LogP contribution in [0.3, 0.4) is 0 Å². The zero-order valence-electron chi connectivity index (χ0n) is 80.9. The molecule has 142 heavy (non-hydrogen) atoms. The molecule has 2 saturated heterocycles. The van der Waals surface area contributed by atoms with Crippen molar-refractivity contribution in [2.75, 3.05) is 50.9 Å². The molecule has 20 N–H and O–H groups in total. The van der Waals surface area contributed by atoms with Crippen LogP contribution in [0.25, 0.3) is 21.8 Å². The summed E-state index contributed by atoms with van der Waals surface area (Å²) in [7, 11) is 0. The molecule has 6 aliphatic heterocycles. The molecule has 2 aromatic carbocycles.